The minimum Gasteiger partial charge on any atom is -0.347 e. The van der Waals surface area contributed by atoms with Crippen molar-refractivity contribution in [3.63, 3.8) is 0 Å². The zero-order valence-electron chi connectivity index (χ0n) is 24.4. The number of hydrogen-bond donors (Lipinski definition) is 0. The first kappa shape index (κ1) is 32.8. The Morgan fingerprint density at radius 2 is 1.43 bits per heavy atom. The fourth-order valence-electron chi connectivity index (χ4n) is 6.18. The first-order valence-electron chi connectivity index (χ1n) is 13.5. The molecule has 0 unspecified atom stereocenters. The van der Waals surface area contributed by atoms with E-state index in [0.717, 1.165) is 34.3 Å². The lowest BCUT2D eigenvalue weighted by atomic mass is 9.81. The molecule has 1 aliphatic carbocycles. The summed E-state index contributed by atoms with van der Waals surface area (Å²) >= 11 is 19.7. The summed E-state index contributed by atoms with van der Waals surface area (Å²) in [6.45, 7) is 9.02. The van der Waals surface area contributed by atoms with E-state index in [2.05, 4.69) is 99.8 Å². The van der Waals surface area contributed by atoms with Crippen LogP contribution in [0.5, 0.6) is 0 Å². The van der Waals surface area contributed by atoms with Crippen LogP contribution in [0.15, 0.2) is 82.6 Å². The molecule has 0 radical (unpaired) electrons. The smallest absolute Gasteiger partial charge is 0.209 e. The summed E-state index contributed by atoms with van der Waals surface area (Å²) in [6, 6.07) is 12.3. The number of rotatable bonds is 3. The average Bonchev–Trinajstić information content (AvgIpc) is 3.18. The van der Waals surface area contributed by atoms with Gasteiger partial charge in [-0.25, -0.2) is 18.6 Å². The van der Waals surface area contributed by atoms with Crippen LogP contribution in [0.3, 0.4) is 0 Å². The van der Waals surface area contributed by atoms with Crippen molar-refractivity contribution in [3.8, 4) is 0 Å². The summed E-state index contributed by atoms with van der Waals surface area (Å²) in [6.07, 6.45) is 12.0. The van der Waals surface area contributed by atoms with Gasteiger partial charge in [-0.05, 0) is 86.2 Å². The normalized spacial score (nSPS) is 21.3. The van der Waals surface area contributed by atoms with Crippen LogP contribution >= 0.6 is 34.8 Å². The number of likely N-dealkylation sites (N-methyl/N-ethyl adjacent to an activating group) is 1. The third kappa shape index (κ3) is 6.67. The Labute approximate surface area is 264 Å². The maximum atomic E-state index is 8.49. The molecule has 2 aromatic rings. The van der Waals surface area contributed by atoms with Gasteiger partial charge in [0.1, 0.15) is 7.05 Å². The van der Waals surface area contributed by atoms with E-state index in [0.29, 0.717) is 0 Å². The molecule has 2 aromatic carbocycles. The maximum Gasteiger partial charge on any atom is 0.209 e. The quantitative estimate of drug-likeness (QED) is 0.448. The van der Waals surface area contributed by atoms with E-state index >= 15 is 0 Å². The van der Waals surface area contributed by atoms with E-state index in [4.69, 9.17) is 53.4 Å². The number of allylic oxidation sites excluding steroid dienone is 8. The van der Waals surface area contributed by atoms with Gasteiger partial charge in [-0.1, -0.05) is 60.8 Å². The van der Waals surface area contributed by atoms with Gasteiger partial charge in [-0.3, -0.25) is 0 Å². The summed E-state index contributed by atoms with van der Waals surface area (Å²) in [5.74, 6) is 0. The van der Waals surface area contributed by atoms with Crippen molar-refractivity contribution in [3.05, 3.63) is 104 Å². The molecule has 0 fully saturated rings. The number of fused-ring (bicyclic) bond motifs is 2. The van der Waals surface area contributed by atoms with Crippen molar-refractivity contribution < 1.29 is 33.5 Å². The molecule has 2 aliphatic heterocycles. The molecule has 0 spiro atoms. The van der Waals surface area contributed by atoms with Gasteiger partial charge in [0.25, 0.3) is 0 Å². The highest BCUT2D eigenvalue weighted by atomic mass is 35.7. The lowest BCUT2D eigenvalue weighted by molar-refractivity contribution is -2.00. The van der Waals surface area contributed by atoms with Crippen molar-refractivity contribution >= 4 is 51.9 Å². The number of halogens is 4. The van der Waals surface area contributed by atoms with E-state index < -0.39 is 10.2 Å². The Morgan fingerprint density at radius 3 is 2.07 bits per heavy atom. The fraction of sp³-hybridized carbons (Fsp3) is 0.344. The van der Waals surface area contributed by atoms with E-state index in [-0.39, 0.29) is 10.8 Å². The molecule has 0 atom stereocenters. The molecule has 0 amide bonds. The van der Waals surface area contributed by atoms with Gasteiger partial charge in [-0.2, -0.15) is 4.58 Å². The van der Waals surface area contributed by atoms with E-state index in [9.17, 15) is 0 Å². The van der Waals surface area contributed by atoms with Crippen LogP contribution in [0.1, 0.15) is 58.1 Å². The first-order valence-corrected chi connectivity index (χ1v) is 15.8. The predicted octanol–water partition coefficient (Wildman–Crippen LogP) is 4.71. The SMILES string of the molecule is CN1C(=CC=C2CCCC(C=CC3=[N+](C)c4ccc(Cl)cc4C3(C)C)=C2Cl)C(C)(C)c2cc(Cl)ccc21.[O-][Cl+3]([O-])([O-])[O-]. The van der Waals surface area contributed by atoms with Crippen molar-refractivity contribution in [1.82, 2.24) is 0 Å². The lowest BCUT2D eigenvalue weighted by Gasteiger charge is -2.24. The summed E-state index contributed by atoms with van der Waals surface area (Å²) in [5.41, 5.74) is 9.52. The molecular weight excluding hydrogens is 618 g/mol. The Kier molecular flexibility index (Phi) is 9.44. The maximum absolute atomic E-state index is 8.49. The molecule has 0 saturated heterocycles. The lowest BCUT2D eigenvalue weighted by Crippen LogP contribution is -2.68. The standard InChI is InChI=1S/C32H34Cl3N2.ClHO4/c1-31(2)24-18-22(33)12-14-26(24)36(5)28(31)16-10-20-8-7-9-21(30(20)35)11-17-29-32(3,4)25-19-23(34)13-15-27(25)37(29)6;2-1(3,4)5/h10-19H,7-9H2,1-6H3;(H,2,3,4,5)/q+1;/p-1. The number of benzene rings is 2. The summed E-state index contributed by atoms with van der Waals surface area (Å²) < 4.78 is 36.2. The van der Waals surface area contributed by atoms with Crippen LogP contribution in [0, 0.1) is 10.2 Å². The van der Waals surface area contributed by atoms with Gasteiger partial charge in [0.05, 0.1) is 5.41 Å². The van der Waals surface area contributed by atoms with Crippen LogP contribution in [0.4, 0.5) is 11.4 Å². The molecule has 224 valence electrons. The van der Waals surface area contributed by atoms with Crippen LogP contribution in [0.2, 0.25) is 10.0 Å². The predicted molar refractivity (Wildman–Crippen MR) is 160 cm³/mol. The molecule has 0 bridgehead atoms. The minimum atomic E-state index is -4.94. The molecule has 3 aliphatic rings. The summed E-state index contributed by atoms with van der Waals surface area (Å²) in [4.78, 5) is 2.27. The second-order valence-electron chi connectivity index (χ2n) is 11.7. The third-order valence-corrected chi connectivity index (χ3v) is 9.29. The van der Waals surface area contributed by atoms with Crippen LogP contribution in [0.25, 0.3) is 0 Å². The monoisotopic (exact) mass is 650 g/mol. The highest BCUT2D eigenvalue weighted by Gasteiger charge is 2.43. The molecule has 42 heavy (non-hydrogen) atoms. The molecule has 0 N–H and O–H groups in total. The summed E-state index contributed by atoms with van der Waals surface area (Å²) in [7, 11) is -0.693. The minimum absolute atomic E-state index is 0.132. The van der Waals surface area contributed by atoms with Gasteiger partial charge in [0.15, 0.2) is 5.71 Å². The fourth-order valence-corrected chi connectivity index (χ4v) is 6.84. The van der Waals surface area contributed by atoms with Crippen LogP contribution in [-0.4, -0.2) is 24.4 Å². The highest BCUT2D eigenvalue weighted by Crippen LogP contribution is 2.48. The number of hydrogen-bond acceptors (Lipinski definition) is 5. The van der Waals surface area contributed by atoms with E-state index in [1.807, 2.05) is 12.1 Å². The summed E-state index contributed by atoms with van der Waals surface area (Å²) in [5, 5.41) is 2.42. The first-order chi connectivity index (χ1) is 19.4. The highest BCUT2D eigenvalue weighted by molar-refractivity contribution is 6.33. The largest absolute Gasteiger partial charge is 0.347 e. The second kappa shape index (κ2) is 12.1. The van der Waals surface area contributed by atoms with Crippen molar-refractivity contribution in [2.45, 2.75) is 57.8 Å². The van der Waals surface area contributed by atoms with E-state index in [1.54, 1.807) is 0 Å². The van der Waals surface area contributed by atoms with Crippen molar-refractivity contribution in [2.24, 2.45) is 0 Å². The molecule has 10 heteroatoms. The number of nitrogens with zero attached hydrogens (tertiary/aromatic N) is 2. The molecule has 5 rings (SSSR count). The molecule has 2 heterocycles. The zero-order chi connectivity index (χ0) is 31.2. The number of anilines is 1. The van der Waals surface area contributed by atoms with Gasteiger partial charge in [0, 0.05) is 56.6 Å². The second-order valence-corrected chi connectivity index (χ2v) is 13.7. The van der Waals surface area contributed by atoms with E-state index in [1.165, 1.54) is 45.1 Å². The Morgan fingerprint density at radius 1 is 0.833 bits per heavy atom. The van der Waals surface area contributed by atoms with Crippen LogP contribution in [-0.2, 0) is 10.8 Å². The Balaban J connectivity index is 0.000000748. The Bertz CT molecular complexity index is 1560. The zero-order valence-corrected chi connectivity index (χ0v) is 27.5. The van der Waals surface area contributed by atoms with Gasteiger partial charge >= 0.3 is 0 Å². The van der Waals surface area contributed by atoms with Crippen molar-refractivity contribution in [2.75, 3.05) is 19.0 Å². The average molecular weight is 652 g/mol. The molecule has 6 nitrogen and oxygen atoms in total. The van der Waals surface area contributed by atoms with Crippen molar-refractivity contribution in [1.29, 1.82) is 0 Å². The molecule has 0 aromatic heterocycles. The topological polar surface area (TPSA) is 98.5 Å². The third-order valence-electron chi connectivity index (χ3n) is 8.33. The van der Waals surface area contributed by atoms with Gasteiger partial charge in [0.2, 0.25) is 5.69 Å². The van der Waals surface area contributed by atoms with Gasteiger partial charge < -0.3 is 4.90 Å². The molecule has 0 saturated carbocycles. The molecular formula is C32H34Cl4N2O4. The van der Waals surface area contributed by atoms with Gasteiger partial charge in [-0.15, -0.1) is 10.2 Å². The van der Waals surface area contributed by atoms with Crippen LogP contribution < -0.4 is 23.5 Å². The Hall–Kier alpha value is -2.13.